The summed E-state index contributed by atoms with van der Waals surface area (Å²) in [5, 5.41) is 3.66. The van der Waals surface area contributed by atoms with E-state index in [1.807, 2.05) is 0 Å². The number of nitrogens with one attached hydrogen (secondary N) is 1. The monoisotopic (exact) mass is 271 g/mol. The molecule has 2 unspecified atom stereocenters. The van der Waals surface area contributed by atoms with Gasteiger partial charge in [-0.1, -0.05) is 56.4 Å². The fourth-order valence-electron chi connectivity index (χ4n) is 4.47. The summed E-state index contributed by atoms with van der Waals surface area (Å²) < 4.78 is 0. The maximum Gasteiger partial charge on any atom is 0.0135 e. The van der Waals surface area contributed by atoms with Crippen LogP contribution in [0.3, 0.4) is 0 Å². The Balaban J connectivity index is 1.72. The van der Waals surface area contributed by atoms with Crippen molar-refractivity contribution >= 4 is 0 Å². The van der Waals surface area contributed by atoms with E-state index in [-0.39, 0.29) is 0 Å². The van der Waals surface area contributed by atoms with Crippen LogP contribution in [0.4, 0.5) is 0 Å². The van der Waals surface area contributed by atoms with E-state index in [1.54, 1.807) is 11.1 Å². The first kappa shape index (κ1) is 14.1. The van der Waals surface area contributed by atoms with Crippen LogP contribution >= 0.6 is 0 Å². The van der Waals surface area contributed by atoms with Crippen LogP contribution in [-0.2, 0) is 6.42 Å². The largest absolute Gasteiger partial charge is 0.316 e. The fraction of sp³-hybridized carbons (Fsp3) is 0.684. The van der Waals surface area contributed by atoms with E-state index < -0.39 is 0 Å². The first-order chi connectivity index (χ1) is 9.88. The lowest BCUT2D eigenvalue weighted by Crippen LogP contribution is -2.36. The summed E-state index contributed by atoms with van der Waals surface area (Å²) >= 11 is 0. The lowest BCUT2D eigenvalue weighted by Gasteiger charge is -2.35. The summed E-state index contributed by atoms with van der Waals surface area (Å²) in [6, 6.07) is 9.83. The first-order valence-electron chi connectivity index (χ1n) is 8.63. The normalized spacial score (nSPS) is 25.1. The van der Waals surface area contributed by atoms with E-state index >= 15 is 0 Å². The second-order valence-electron chi connectivity index (χ2n) is 6.83. The molecule has 1 aromatic rings. The van der Waals surface area contributed by atoms with Gasteiger partial charge in [0, 0.05) is 6.04 Å². The van der Waals surface area contributed by atoms with Gasteiger partial charge in [0.05, 0.1) is 0 Å². The number of rotatable bonds is 4. The molecule has 110 valence electrons. The van der Waals surface area contributed by atoms with Crippen molar-refractivity contribution in [3.05, 3.63) is 35.4 Å². The molecule has 0 aliphatic heterocycles. The van der Waals surface area contributed by atoms with Gasteiger partial charge in [0.2, 0.25) is 0 Å². The van der Waals surface area contributed by atoms with Crippen molar-refractivity contribution in [2.45, 2.75) is 69.7 Å². The van der Waals surface area contributed by atoms with Crippen LogP contribution < -0.4 is 5.32 Å². The smallest absolute Gasteiger partial charge is 0.0135 e. The molecule has 2 aliphatic rings. The average Bonchev–Trinajstić information content (AvgIpc) is 2.53. The van der Waals surface area contributed by atoms with Crippen LogP contribution in [-0.4, -0.2) is 13.1 Å². The molecule has 1 heteroatoms. The molecule has 20 heavy (non-hydrogen) atoms. The Labute approximate surface area is 124 Å². The summed E-state index contributed by atoms with van der Waals surface area (Å²) in [5.74, 6) is 1.71. The number of aryl methyl sites for hydroxylation is 1. The van der Waals surface area contributed by atoms with Gasteiger partial charge < -0.3 is 5.32 Å². The van der Waals surface area contributed by atoms with Crippen molar-refractivity contribution in [1.82, 2.24) is 5.32 Å². The predicted molar refractivity (Wildman–Crippen MR) is 86.2 cm³/mol. The zero-order valence-corrected chi connectivity index (χ0v) is 12.9. The minimum atomic E-state index is 0.680. The van der Waals surface area contributed by atoms with Crippen molar-refractivity contribution in [2.75, 3.05) is 7.05 Å². The number of hydrogen-bond acceptors (Lipinski definition) is 1. The highest BCUT2D eigenvalue weighted by molar-refractivity contribution is 5.33. The van der Waals surface area contributed by atoms with Crippen LogP contribution in [0, 0.1) is 5.92 Å². The van der Waals surface area contributed by atoms with Crippen molar-refractivity contribution < 1.29 is 0 Å². The average molecular weight is 271 g/mol. The van der Waals surface area contributed by atoms with Crippen LogP contribution in [0.5, 0.6) is 0 Å². The van der Waals surface area contributed by atoms with Gasteiger partial charge in [-0.3, -0.25) is 0 Å². The zero-order valence-electron chi connectivity index (χ0n) is 12.9. The van der Waals surface area contributed by atoms with Gasteiger partial charge in [0.25, 0.3) is 0 Å². The summed E-state index contributed by atoms with van der Waals surface area (Å²) in [4.78, 5) is 0. The Kier molecular flexibility index (Phi) is 4.77. The molecule has 1 saturated carbocycles. The van der Waals surface area contributed by atoms with Gasteiger partial charge in [0.15, 0.2) is 0 Å². The van der Waals surface area contributed by atoms with Crippen LogP contribution in [0.25, 0.3) is 0 Å². The molecule has 2 aliphatic carbocycles. The Hall–Kier alpha value is -0.820. The summed E-state index contributed by atoms with van der Waals surface area (Å²) in [5.41, 5.74) is 3.24. The molecule has 0 radical (unpaired) electrons. The SMILES string of the molecule is CNC(CC1CCCCC1)C1CCCc2ccccc21. The first-order valence-corrected chi connectivity index (χ1v) is 8.63. The number of fused-ring (bicyclic) bond motifs is 1. The van der Waals surface area contributed by atoms with Crippen LogP contribution in [0.2, 0.25) is 0 Å². The molecule has 0 heterocycles. The highest BCUT2D eigenvalue weighted by atomic mass is 14.9. The summed E-state index contributed by atoms with van der Waals surface area (Å²) in [6.45, 7) is 0. The molecular weight excluding hydrogens is 242 g/mol. The molecule has 1 fully saturated rings. The molecule has 1 aromatic carbocycles. The van der Waals surface area contributed by atoms with E-state index in [1.165, 1.54) is 57.8 Å². The van der Waals surface area contributed by atoms with Gasteiger partial charge in [-0.15, -0.1) is 0 Å². The highest BCUT2D eigenvalue weighted by Crippen LogP contribution is 2.37. The standard InChI is InChI=1S/C19H29N/c1-20-19(14-15-8-3-2-4-9-15)18-13-7-11-16-10-5-6-12-17(16)18/h5-6,10,12,15,18-20H,2-4,7-9,11,13-14H2,1H3. The zero-order chi connectivity index (χ0) is 13.8. The Morgan fingerprint density at radius 1 is 1.05 bits per heavy atom. The fourth-order valence-corrected chi connectivity index (χ4v) is 4.47. The quantitative estimate of drug-likeness (QED) is 0.839. The summed E-state index contributed by atoms with van der Waals surface area (Å²) in [7, 11) is 2.17. The molecule has 1 nitrogen and oxygen atoms in total. The third kappa shape index (κ3) is 3.09. The minimum absolute atomic E-state index is 0.680. The van der Waals surface area contributed by atoms with E-state index in [0.29, 0.717) is 6.04 Å². The van der Waals surface area contributed by atoms with E-state index in [0.717, 1.165) is 11.8 Å². The lowest BCUT2D eigenvalue weighted by molar-refractivity contribution is 0.275. The maximum atomic E-state index is 3.66. The molecule has 0 aromatic heterocycles. The van der Waals surface area contributed by atoms with Crippen molar-refractivity contribution in [3.63, 3.8) is 0 Å². The lowest BCUT2D eigenvalue weighted by atomic mass is 9.74. The van der Waals surface area contributed by atoms with Crippen molar-refractivity contribution in [3.8, 4) is 0 Å². The predicted octanol–water partition coefficient (Wildman–Crippen LogP) is 4.66. The van der Waals surface area contributed by atoms with E-state index in [2.05, 4.69) is 36.6 Å². The molecule has 0 amide bonds. The molecule has 0 saturated heterocycles. The second kappa shape index (κ2) is 6.76. The molecule has 0 bridgehead atoms. The van der Waals surface area contributed by atoms with Gasteiger partial charge in [-0.25, -0.2) is 0 Å². The molecule has 1 N–H and O–H groups in total. The van der Waals surface area contributed by atoms with Crippen LogP contribution in [0.15, 0.2) is 24.3 Å². The number of hydrogen-bond donors (Lipinski definition) is 1. The topological polar surface area (TPSA) is 12.0 Å². The third-order valence-electron chi connectivity index (χ3n) is 5.58. The Bertz CT molecular complexity index is 420. The minimum Gasteiger partial charge on any atom is -0.316 e. The Morgan fingerprint density at radius 3 is 2.65 bits per heavy atom. The highest BCUT2D eigenvalue weighted by Gasteiger charge is 2.29. The van der Waals surface area contributed by atoms with Gasteiger partial charge >= 0.3 is 0 Å². The molecule has 2 atom stereocenters. The molecular formula is C19H29N. The number of benzene rings is 1. The van der Waals surface area contributed by atoms with Crippen molar-refractivity contribution in [1.29, 1.82) is 0 Å². The second-order valence-corrected chi connectivity index (χ2v) is 6.83. The molecule has 0 spiro atoms. The van der Waals surface area contributed by atoms with E-state index in [9.17, 15) is 0 Å². The van der Waals surface area contributed by atoms with E-state index in [4.69, 9.17) is 0 Å². The third-order valence-corrected chi connectivity index (χ3v) is 5.58. The maximum absolute atomic E-state index is 3.66. The van der Waals surface area contributed by atoms with Gasteiger partial charge in [-0.2, -0.15) is 0 Å². The number of likely N-dealkylation sites (N-methyl/N-ethyl adjacent to an activating group) is 1. The van der Waals surface area contributed by atoms with Crippen molar-refractivity contribution in [2.24, 2.45) is 5.92 Å². The van der Waals surface area contributed by atoms with Gasteiger partial charge in [-0.05, 0) is 55.7 Å². The van der Waals surface area contributed by atoms with Gasteiger partial charge in [0.1, 0.15) is 0 Å². The van der Waals surface area contributed by atoms with Crippen LogP contribution in [0.1, 0.15) is 68.4 Å². The Morgan fingerprint density at radius 2 is 1.85 bits per heavy atom. The molecule has 3 rings (SSSR count). The summed E-state index contributed by atoms with van der Waals surface area (Å²) in [6.07, 6.45) is 12.7.